The topological polar surface area (TPSA) is 69.2 Å². The first-order chi connectivity index (χ1) is 14.2. The van der Waals surface area contributed by atoms with E-state index in [0.29, 0.717) is 23.2 Å². The summed E-state index contributed by atoms with van der Waals surface area (Å²) < 4.78 is 7.86. The van der Waals surface area contributed by atoms with Crippen molar-refractivity contribution in [3.8, 4) is 11.3 Å². The van der Waals surface area contributed by atoms with Gasteiger partial charge in [-0.25, -0.2) is 4.98 Å². The van der Waals surface area contributed by atoms with E-state index in [2.05, 4.69) is 26.7 Å². The molecule has 0 aromatic carbocycles. The molecule has 0 amide bonds. The first-order valence-electron chi connectivity index (χ1n) is 11.4. The highest BCUT2D eigenvalue weighted by molar-refractivity contribution is 5.66. The average Bonchev–Trinajstić information content (AvgIpc) is 3.57. The van der Waals surface area contributed by atoms with Gasteiger partial charge in [0.05, 0.1) is 24.9 Å². The van der Waals surface area contributed by atoms with Crippen molar-refractivity contribution in [2.75, 3.05) is 25.5 Å². The number of fused-ring (bicyclic) bond motifs is 1. The molecule has 3 saturated heterocycles. The van der Waals surface area contributed by atoms with Gasteiger partial charge in [0.1, 0.15) is 5.82 Å². The second-order valence-corrected chi connectivity index (χ2v) is 10.4. The van der Waals surface area contributed by atoms with Crippen LogP contribution in [0.3, 0.4) is 0 Å². The van der Waals surface area contributed by atoms with Crippen LogP contribution in [0, 0.1) is 17.8 Å². The molecule has 1 unspecified atom stereocenters. The molecule has 6 heteroatoms. The van der Waals surface area contributed by atoms with Crippen molar-refractivity contribution >= 4 is 5.82 Å². The van der Waals surface area contributed by atoms with Gasteiger partial charge in [0.15, 0.2) is 0 Å². The van der Waals surface area contributed by atoms with Gasteiger partial charge in [-0.2, -0.15) is 5.10 Å². The Kier molecular flexibility index (Phi) is 2.75. The highest BCUT2D eigenvalue weighted by Crippen LogP contribution is 2.86. The van der Waals surface area contributed by atoms with E-state index in [1.54, 1.807) is 0 Å². The number of pyridine rings is 1. The predicted octanol–water partition coefficient (Wildman–Crippen LogP) is 2.40. The molecule has 2 aromatic heterocycles. The third-order valence-corrected chi connectivity index (χ3v) is 8.68. The van der Waals surface area contributed by atoms with Crippen molar-refractivity contribution < 1.29 is 4.74 Å². The van der Waals surface area contributed by atoms with Gasteiger partial charge in [-0.3, -0.25) is 9.58 Å². The first kappa shape index (κ1) is 15.9. The minimum Gasteiger partial charge on any atom is -0.383 e. The van der Waals surface area contributed by atoms with Crippen LogP contribution >= 0.6 is 0 Å². The molecule has 29 heavy (non-hydrogen) atoms. The van der Waals surface area contributed by atoms with E-state index < -0.39 is 0 Å². The summed E-state index contributed by atoms with van der Waals surface area (Å²) in [6, 6.07) is 6.07. The minimum absolute atomic E-state index is 0.399. The molecule has 7 fully saturated rings. The Morgan fingerprint density at radius 2 is 2.03 bits per heavy atom. The Bertz CT molecular complexity index is 1030. The quantitative estimate of drug-likeness (QED) is 0.822. The average molecular weight is 390 g/mol. The Balaban J connectivity index is 1.18. The summed E-state index contributed by atoms with van der Waals surface area (Å²) >= 11 is 0. The lowest BCUT2D eigenvalue weighted by molar-refractivity contribution is -0.0601. The van der Waals surface area contributed by atoms with Crippen LogP contribution in [-0.2, 0) is 16.7 Å². The largest absolute Gasteiger partial charge is 0.383 e. The zero-order valence-corrected chi connectivity index (χ0v) is 16.6. The number of nitrogens with two attached hydrogens (primary N) is 1. The first-order valence-corrected chi connectivity index (χ1v) is 11.4. The molecular formula is C23H27N5O. The van der Waals surface area contributed by atoms with Crippen molar-refractivity contribution in [1.29, 1.82) is 0 Å². The van der Waals surface area contributed by atoms with E-state index in [-0.39, 0.29) is 0 Å². The molecule has 4 aliphatic carbocycles. The maximum Gasteiger partial charge on any atom is 0.126 e. The lowest BCUT2D eigenvalue weighted by Crippen LogP contribution is -2.48. The van der Waals surface area contributed by atoms with E-state index in [1.165, 1.54) is 43.5 Å². The van der Waals surface area contributed by atoms with Crippen molar-refractivity contribution in [1.82, 2.24) is 19.7 Å². The van der Waals surface area contributed by atoms with Crippen LogP contribution in [0.4, 0.5) is 5.82 Å². The molecule has 150 valence electrons. The maximum absolute atomic E-state index is 6.16. The number of aromatic nitrogens is 3. The van der Waals surface area contributed by atoms with Gasteiger partial charge in [-0.1, -0.05) is 0 Å². The normalized spacial score (nSPS) is 37.4. The fourth-order valence-electron chi connectivity index (χ4n) is 6.58. The summed E-state index contributed by atoms with van der Waals surface area (Å²) in [6.07, 6.45) is 7.13. The van der Waals surface area contributed by atoms with Crippen LogP contribution in [-0.4, -0.2) is 51.5 Å². The molecule has 5 heterocycles. The van der Waals surface area contributed by atoms with E-state index in [1.807, 2.05) is 6.20 Å². The molecule has 0 radical (unpaired) electrons. The Hall–Kier alpha value is -1.92. The lowest BCUT2D eigenvalue weighted by Gasteiger charge is -2.34. The smallest absolute Gasteiger partial charge is 0.126 e. The molecule has 2 bridgehead atoms. The zero-order valence-electron chi connectivity index (χ0n) is 16.6. The number of piperidine rings is 1. The molecule has 3 aliphatic heterocycles. The molecule has 9 rings (SSSR count). The van der Waals surface area contributed by atoms with E-state index >= 15 is 0 Å². The fraction of sp³-hybridized carbons (Fsp3) is 0.652. The van der Waals surface area contributed by atoms with Crippen LogP contribution in [0.5, 0.6) is 0 Å². The lowest BCUT2D eigenvalue weighted by atomic mass is 10.0. The predicted molar refractivity (Wildman–Crippen MR) is 108 cm³/mol. The number of nitrogens with zero attached hydrogens (tertiary/aromatic N) is 4. The molecule has 0 spiro atoms. The van der Waals surface area contributed by atoms with Crippen LogP contribution < -0.4 is 5.73 Å². The van der Waals surface area contributed by atoms with Gasteiger partial charge < -0.3 is 10.5 Å². The monoisotopic (exact) mass is 389 g/mol. The SMILES string of the molecule is Nc1ncc(-c2cc([C@]34C5[C@@H]3[C@@H]4CN5C3COC3)n(CC3CC3)n2)cc1C1CC1. The van der Waals surface area contributed by atoms with E-state index in [0.717, 1.165) is 54.8 Å². The second-order valence-electron chi connectivity index (χ2n) is 10.4. The number of hydrogen-bond donors (Lipinski definition) is 1. The highest BCUT2D eigenvalue weighted by atomic mass is 16.5. The molecule has 7 aliphatic rings. The molecule has 4 saturated carbocycles. The standard InChI is InChI=1S/C23H27N5O/c24-22-16(13-3-4-13)5-14(7-25-22)18-6-19(28(26-18)8-12-1-2-12)23-17-9-27(15-10-29-11-15)21(23)20(17)23/h5-7,12-13,15,17,20-21H,1-4,8-11H2,(H2,24,25)/t17-,20-,21?,23-/m0/s1. The van der Waals surface area contributed by atoms with Gasteiger partial charge >= 0.3 is 0 Å². The Morgan fingerprint density at radius 3 is 2.72 bits per heavy atom. The van der Waals surface area contributed by atoms with Crippen molar-refractivity contribution in [3.05, 3.63) is 29.6 Å². The minimum atomic E-state index is 0.399. The van der Waals surface area contributed by atoms with Gasteiger partial charge in [-0.15, -0.1) is 0 Å². The molecule has 2 N–H and O–H groups in total. The third kappa shape index (κ3) is 1.99. The summed E-state index contributed by atoms with van der Waals surface area (Å²) in [5, 5.41) is 5.14. The van der Waals surface area contributed by atoms with E-state index in [9.17, 15) is 0 Å². The van der Waals surface area contributed by atoms with Crippen LogP contribution in [0.1, 0.15) is 42.9 Å². The van der Waals surface area contributed by atoms with Crippen LogP contribution in [0.25, 0.3) is 11.3 Å². The van der Waals surface area contributed by atoms with Crippen molar-refractivity contribution in [3.63, 3.8) is 0 Å². The maximum atomic E-state index is 6.16. The summed E-state index contributed by atoms with van der Waals surface area (Å²) in [7, 11) is 0. The Labute approximate surface area is 170 Å². The van der Waals surface area contributed by atoms with Crippen LogP contribution in [0.15, 0.2) is 18.3 Å². The van der Waals surface area contributed by atoms with Crippen LogP contribution in [0.2, 0.25) is 0 Å². The molecular weight excluding hydrogens is 362 g/mol. The van der Waals surface area contributed by atoms with Crippen molar-refractivity contribution in [2.45, 2.75) is 55.6 Å². The van der Waals surface area contributed by atoms with Gasteiger partial charge in [0, 0.05) is 42.0 Å². The summed E-state index contributed by atoms with van der Waals surface area (Å²) in [5.41, 5.74) is 11.5. The molecule has 6 nitrogen and oxygen atoms in total. The number of nitrogen functional groups attached to an aromatic ring is 1. The number of ether oxygens (including phenoxy) is 1. The number of anilines is 1. The second kappa shape index (κ2) is 5.03. The number of rotatable bonds is 6. The Morgan fingerprint density at radius 1 is 1.17 bits per heavy atom. The molecule has 4 atom stereocenters. The van der Waals surface area contributed by atoms with Gasteiger partial charge in [0.25, 0.3) is 0 Å². The van der Waals surface area contributed by atoms with Gasteiger partial charge in [0.2, 0.25) is 0 Å². The third-order valence-electron chi connectivity index (χ3n) is 8.68. The summed E-state index contributed by atoms with van der Waals surface area (Å²) in [5.74, 6) is 3.86. The van der Waals surface area contributed by atoms with Crippen molar-refractivity contribution in [2.24, 2.45) is 17.8 Å². The number of hydrogen-bond acceptors (Lipinski definition) is 5. The van der Waals surface area contributed by atoms with E-state index in [4.69, 9.17) is 15.6 Å². The zero-order chi connectivity index (χ0) is 18.9. The summed E-state index contributed by atoms with van der Waals surface area (Å²) in [4.78, 5) is 7.27. The van der Waals surface area contributed by atoms with Gasteiger partial charge in [-0.05, 0) is 67.1 Å². The fourth-order valence-corrected chi connectivity index (χ4v) is 6.58. The molecule has 2 aromatic rings. The summed E-state index contributed by atoms with van der Waals surface area (Å²) in [6.45, 7) is 4.22. The highest BCUT2D eigenvalue weighted by Gasteiger charge is 2.93.